The molecule has 96 valence electrons. The van der Waals surface area contributed by atoms with E-state index in [1.54, 1.807) is 6.07 Å². The van der Waals surface area contributed by atoms with Crippen LogP contribution in [0.1, 0.15) is 12.8 Å². The van der Waals surface area contributed by atoms with Crippen molar-refractivity contribution in [2.45, 2.75) is 17.7 Å². The Morgan fingerprint density at radius 1 is 1.22 bits per heavy atom. The summed E-state index contributed by atoms with van der Waals surface area (Å²) >= 11 is 0. The molecular formula is C12H13NO4S. The number of nitrogens with zero attached hydrogens (tertiary/aromatic N) is 1. The molecule has 0 saturated heterocycles. The maximum Gasteiger partial charge on any atom is 0.179 e. The number of ether oxygens (including phenoxy) is 2. The Bertz CT molecular complexity index is 574. The average Bonchev–Trinajstić information content (AvgIpc) is 2.60. The monoisotopic (exact) mass is 267 g/mol. The zero-order valence-corrected chi connectivity index (χ0v) is 10.6. The van der Waals surface area contributed by atoms with Crippen molar-refractivity contribution in [1.82, 2.24) is 0 Å². The van der Waals surface area contributed by atoms with E-state index in [-0.39, 0.29) is 17.1 Å². The lowest BCUT2D eigenvalue weighted by Crippen LogP contribution is -2.06. The summed E-state index contributed by atoms with van der Waals surface area (Å²) < 4.78 is 34.7. The van der Waals surface area contributed by atoms with Crippen molar-refractivity contribution in [3.8, 4) is 17.6 Å². The fourth-order valence-electron chi connectivity index (χ4n) is 1.63. The maximum atomic E-state index is 11.9. The fraction of sp³-hybridized carbons (Fsp3) is 0.417. The van der Waals surface area contributed by atoms with Crippen LogP contribution in [0.25, 0.3) is 0 Å². The number of fused-ring (bicyclic) bond motifs is 1. The molecule has 1 aliphatic rings. The van der Waals surface area contributed by atoms with E-state index in [4.69, 9.17) is 14.7 Å². The number of benzene rings is 1. The van der Waals surface area contributed by atoms with Crippen LogP contribution in [-0.2, 0) is 9.84 Å². The first-order valence-electron chi connectivity index (χ1n) is 5.63. The van der Waals surface area contributed by atoms with Crippen LogP contribution in [0.15, 0.2) is 23.1 Å². The lowest BCUT2D eigenvalue weighted by atomic mass is 10.3. The smallest absolute Gasteiger partial charge is 0.179 e. The normalized spacial score (nSPS) is 14.6. The lowest BCUT2D eigenvalue weighted by Gasteiger charge is -2.09. The molecule has 6 heteroatoms. The van der Waals surface area contributed by atoms with Crippen LogP contribution in [0.5, 0.6) is 11.5 Å². The van der Waals surface area contributed by atoms with Gasteiger partial charge in [-0.3, -0.25) is 0 Å². The molecule has 1 heterocycles. The van der Waals surface area contributed by atoms with Crippen molar-refractivity contribution in [2.24, 2.45) is 0 Å². The molecule has 1 aliphatic heterocycles. The number of hydrogen-bond acceptors (Lipinski definition) is 5. The summed E-state index contributed by atoms with van der Waals surface area (Å²) in [6.45, 7) is 1.07. The van der Waals surface area contributed by atoms with Crippen LogP contribution in [-0.4, -0.2) is 27.4 Å². The highest BCUT2D eigenvalue weighted by Gasteiger charge is 2.18. The zero-order chi connectivity index (χ0) is 13.0. The molecule has 0 aromatic heterocycles. The van der Waals surface area contributed by atoms with Gasteiger partial charge in [0, 0.05) is 18.9 Å². The van der Waals surface area contributed by atoms with Crippen LogP contribution in [0, 0.1) is 11.3 Å². The van der Waals surface area contributed by atoms with Gasteiger partial charge in [-0.25, -0.2) is 8.42 Å². The molecule has 0 radical (unpaired) electrons. The molecule has 0 saturated carbocycles. The zero-order valence-electron chi connectivity index (χ0n) is 9.76. The molecule has 0 fully saturated rings. The van der Waals surface area contributed by atoms with Crippen LogP contribution in [0.3, 0.4) is 0 Å². The molecule has 2 rings (SSSR count). The van der Waals surface area contributed by atoms with Crippen molar-refractivity contribution in [3.63, 3.8) is 0 Å². The van der Waals surface area contributed by atoms with E-state index >= 15 is 0 Å². The molecular weight excluding hydrogens is 254 g/mol. The third kappa shape index (κ3) is 2.74. The second kappa shape index (κ2) is 5.27. The Hall–Kier alpha value is -1.74. The van der Waals surface area contributed by atoms with Gasteiger partial charge in [-0.1, -0.05) is 0 Å². The molecule has 5 nitrogen and oxygen atoms in total. The van der Waals surface area contributed by atoms with Crippen LogP contribution >= 0.6 is 0 Å². The number of rotatable bonds is 3. The predicted molar refractivity (Wildman–Crippen MR) is 64.3 cm³/mol. The van der Waals surface area contributed by atoms with Crippen molar-refractivity contribution >= 4 is 9.84 Å². The molecule has 0 unspecified atom stereocenters. The highest BCUT2D eigenvalue weighted by atomic mass is 32.2. The Morgan fingerprint density at radius 2 is 1.94 bits per heavy atom. The van der Waals surface area contributed by atoms with E-state index in [2.05, 4.69) is 0 Å². The third-order valence-electron chi connectivity index (χ3n) is 2.56. The van der Waals surface area contributed by atoms with Gasteiger partial charge in [-0.15, -0.1) is 0 Å². The molecule has 1 aromatic rings. The number of sulfone groups is 1. The average molecular weight is 267 g/mol. The fourth-order valence-corrected chi connectivity index (χ4v) is 2.79. The van der Waals surface area contributed by atoms with Gasteiger partial charge in [0.25, 0.3) is 0 Å². The Morgan fingerprint density at radius 3 is 2.67 bits per heavy atom. The Kier molecular flexibility index (Phi) is 3.72. The summed E-state index contributed by atoms with van der Waals surface area (Å²) in [5, 5.41) is 8.45. The van der Waals surface area contributed by atoms with Crippen LogP contribution < -0.4 is 9.47 Å². The summed E-state index contributed by atoms with van der Waals surface area (Å²) in [5.74, 6) is 0.834. The lowest BCUT2D eigenvalue weighted by molar-refractivity contribution is 0.297. The highest BCUT2D eigenvalue weighted by Crippen LogP contribution is 2.32. The second-order valence-corrected chi connectivity index (χ2v) is 6.00. The van der Waals surface area contributed by atoms with E-state index in [9.17, 15) is 8.42 Å². The summed E-state index contributed by atoms with van der Waals surface area (Å²) in [7, 11) is -3.43. The molecule has 1 aromatic carbocycles. The molecule has 0 spiro atoms. The first-order valence-corrected chi connectivity index (χ1v) is 7.28. The molecule has 0 bridgehead atoms. The minimum atomic E-state index is -3.43. The third-order valence-corrected chi connectivity index (χ3v) is 4.27. The molecule has 0 amide bonds. The van der Waals surface area contributed by atoms with E-state index < -0.39 is 9.84 Å². The van der Waals surface area contributed by atoms with E-state index in [1.807, 2.05) is 6.07 Å². The minimum absolute atomic E-state index is 0.0171. The molecule has 0 atom stereocenters. The molecule has 18 heavy (non-hydrogen) atoms. The van der Waals surface area contributed by atoms with Gasteiger partial charge in [-0.2, -0.15) is 5.26 Å². The van der Waals surface area contributed by atoms with Gasteiger partial charge < -0.3 is 9.47 Å². The molecule has 0 N–H and O–H groups in total. The van der Waals surface area contributed by atoms with Gasteiger partial charge in [0.1, 0.15) is 0 Å². The summed E-state index contributed by atoms with van der Waals surface area (Å²) in [4.78, 5) is 0.169. The maximum absolute atomic E-state index is 11.9. The SMILES string of the molecule is N#CCCS(=O)(=O)c1ccc2c(c1)OCCCO2. The molecule has 0 aliphatic carbocycles. The van der Waals surface area contributed by atoms with Crippen LogP contribution in [0.2, 0.25) is 0 Å². The Balaban J connectivity index is 2.31. The van der Waals surface area contributed by atoms with Gasteiger partial charge in [-0.05, 0) is 12.1 Å². The number of nitriles is 1. The van der Waals surface area contributed by atoms with Gasteiger partial charge in [0.05, 0.1) is 29.9 Å². The van der Waals surface area contributed by atoms with Crippen LogP contribution in [0.4, 0.5) is 0 Å². The van der Waals surface area contributed by atoms with Crippen molar-refractivity contribution < 1.29 is 17.9 Å². The largest absolute Gasteiger partial charge is 0.490 e. The van der Waals surface area contributed by atoms with E-state index in [0.717, 1.165) is 6.42 Å². The first kappa shape index (κ1) is 12.7. The quantitative estimate of drug-likeness (QED) is 0.830. The number of hydrogen-bond donors (Lipinski definition) is 0. The summed E-state index contributed by atoms with van der Waals surface area (Å²) in [6.07, 6.45) is 0.752. The standard InChI is InChI=1S/C12H13NO4S/c13-5-1-8-18(14,15)10-3-4-11-12(9-10)17-7-2-6-16-11/h3-4,9H,1-2,6-8H2. The second-order valence-electron chi connectivity index (χ2n) is 3.89. The van der Waals surface area contributed by atoms with E-state index in [0.29, 0.717) is 24.7 Å². The predicted octanol–water partition coefficient (Wildman–Crippen LogP) is 1.54. The Labute approximate surface area is 106 Å². The van der Waals surface area contributed by atoms with Crippen molar-refractivity contribution in [3.05, 3.63) is 18.2 Å². The van der Waals surface area contributed by atoms with Crippen molar-refractivity contribution in [2.75, 3.05) is 19.0 Å². The van der Waals surface area contributed by atoms with E-state index in [1.165, 1.54) is 12.1 Å². The summed E-state index contributed by atoms with van der Waals surface area (Å²) in [6, 6.07) is 6.38. The van der Waals surface area contributed by atoms with Gasteiger partial charge in [0.15, 0.2) is 21.3 Å². The van der Waals surface area contributed by atoms with Gasteiger partial charge in [0.2, 0.25) is 0 Å². The minimum Gasteiger partial charge on any atom is -0.490 e. The highest BCUT2D eigenvalue weighted by molar-refractivity contribution is 7.91. The first-order chi connectivity index (χ1) is 8.63. The summed E-state index contributed by atoms with van der Waals surface area (Å²) in [5.41, 5.74) is 0. The van der Waals surface area contributed by atoms with Gasteiger partial charge >= 0.3 is 0 Å². The topological polar surface area (TPSA) is 76.4 Å². The van der Waals surface area contributed by atoms with Crippen molar-refractivity contribution in [1.29, 1.82) is 5.26 Å².